The van der Waals surface area contributed by atoms with Crippen LogP contribution in [0.5, 0.6) is 0 Å². The topological polar surface area (TPSA) is 36.1 Å². The predicted octanol–water partition coefficient (Wildman–Crippen LogP) is 4.38. The third-order valence-corrected chi connectivity index (χ3v) is 4.85. The van der Waals surface area contributed by atoms with Gasteiger partial charge in [-0.1, -0.05) is 29.8 Å². The zero-order valence-electron chi connectivity index (χ0n) is 13.7. The van der Waals surface area contributed by atoms with E-state index in [-0.39, 0.29) is 11.9 Å². The van der Waals surface area contributed by atoms with Crippen LogP contribution >= 0.6 is 0 Å². The lowest BCUT2D eigenvalue weighted by Crippen LogP contribution is -2.36. The van der Waals surface area contributed by atoms with Crippen LogP contribution in [0, 0.1) is 13.8 Å². The third-order valence-electron chi connectivity index (χ3n) is 4.85. The fourth-order valence-corrected chi connectivity index (χ4v) is 3.65. The van der Waals surface area contributed by atoms with E-state index in [9.17, 15) is 4.79 Å². The zero-order chi connectivity index (χ0) is 16.1. The summed E-state index contributed by atoms with van der Waals surface area (Å²) in [5.74, 6) is 0.0637. The molecule has 1 unspecified atom stereocenters. The van der Waals surface area contributed by atoms with Crippen LogP contribution in [-0.4, -0.2) is 16.9 Å². The molecule has 116 valence electrons. The average Bonchev–Trinajstić information content (AvgIpc) is 3.04. The quantitative estimate of drug-likeness (QED) is 0.711. The first kappa shape index (κ1) is 14.1. The maximum atomic E-state index is 13.2. The largest absolute Gasteiger partial charge is 0.350 e. The van der Waals surface area contributed by atoms with Crippen LogP contribution in [0.1, 0.15) is 34.1 Å². The zero-order valence-corrected chi connectivity index (χ0v) is 13.7. The summed E-state index contributed by atoms with van der Waals surface area (Å²) in [6.45, 7) is 6.21. The summed E-state index contributed by atoms with van der Waals surface area (Å²) in [6, 6.07) is 14.6. The Hall–Kier alpha value is -2.55. The van der Waals surface area contributed by atoms with E-state index in [0.717, 1.165) is 28.6 Å². The Morgan fingerprint density at radius 2 is 1.96 bits per heavy atom. The Kier molecular flexibility index (Phi) is 3.05. The minimum absolute atomic E-state index is 0.0637. The van der Waals surface area contributed by atoms with Crippen LogP contribution in [-0.2, 0) is 6.42 Å². The minimum atomic E-state index is 0.0637. The van der Waals surface area contributed by atoms with Gasteiger partial charge in [0.1, 0.15) is 5.69 Å². The molecule has 2 aromatic carbocycles. The third kappa shape index (κ3) is 2.07. The van der Waals surface area contributed by atoms with Crippen molar-refractivity contribution in [2.24, 2.45) is 0 Å². The number of amides is 1. The maximum Gasteiger partial charge on any atom is 0.275 e. The molecule has 1 N–H and O–H groups in total. The molecule has 1 amide bonds. The highest BCUT2D eigenvalue weighted by Gasteiger charge is 2.32. The lowest BCUT2D eigenvalue weighted by Gasteiger charge is -2.22. The van der Waals surface area contributed by atoms with Gasteiger partial charge in [0.2, 0.25) is 0 Å². The van der Waals surface area contributed by atoms with Gasteiger partial charge < -0.3 is 9.88 Å². The Morgan fingerprint density at radius 1 is 1.17 bits per heavy atom. The molecule has 0 bridgehead atoms. The molecule has 0 aliphatic carbocycles. The molecule has 23 heavy (non-hydrogen) atoms. The second kappa shape index (κ2) is 4.98. The van der Waals surface area contributed by atoms with Crippen molar-refractivity contribution in [2.45, 2.75) is 33.2 Å². The summed E-state index contributed by atoms with van der Waals surface area (Å²) in [5.41, 5.74) is 6.26. The first-order valence-electron chi connectivity index (χ1n) is 8.06. The lowest BCUT2D eigenvalue weighted by atomic mass is 10.1. The van der Waals surface area contributed by atoms with E-state index in [1.165, 1.54) is 11.1 Å². The molecule has 1 atom stereocenters. The Bertz CT molecular complexity index is 923. The highest BCUT2D eigenvalue weighted by Crippen LogP contribution is 2.34. The number of para-hydroxylation sites is 1. The Labute approximate surface area is 135 Å². The molecule has 2 heterocycles. The summed E-state index contributed by atoms with van der Waals surface area (Å²) < 4.78 is 0. The summed E-state index contributed by atoms with van der Waals surface area (Å²) in [4.78, 5) is 18.4. The van der Waals surface area contributed by atoms with Crippen LogP contribution in [0.2, 0.25) is 0 Å². The molecular formula is C20H20N2O. The van der Waals surface area contributed by atoms with E-state index >= 15 is 0 Å². The number of aromatic amines is 1. The highest BCUT2D eigenvalue weighted by atomic mass is 16.2. The number of H-pyrrole nitrogens is 1. The number of nitrogens with one attached hydrogen (secondary N) is 1. The Morgan fingerprint density at radius 3 is 2.78 bits per heavy atom. The second-order valence-corrected chi connectivity index (χ2v) is 6.53. The van der Waals surface area contributed by atoms with E-state index in [1.807, 2.05) is 30.0 Å². The number of aryl methyl sites for hydroxylation is 2. The summed E-state index contributed by atoms with van der Waals surface area (Å²) in [7, 11) is 0. The van der Waals surface area contributed by atoms with Crippen molar-refractivity contribution < 1.29 is 4.79 Å². The van der Waals surface area contributed by atoms with Crippen LogP contribution in [0.25, 0.3) is 10.9 Å². The van der Waals surface area contributed by atoms with Crippen molar-refractivity contribution >= 4 is 22.5 Å². The Balaban J connectivity index is 1.82. The van der Waals surface area contributed by atoms with Crippen molar-refractivity contribution in [1.82, 2.24) is 4.98 Å². The molecule has 1 aliphatic heterocycles. The monoisotopic (exact) mass is 304 g/mol. The van der Waals surface area contributed by atoms with Gasteiger partial charge in [-0.05, 0) is 56.5 Å². The smallest absolute Gasteiger partial charge is 0.275 e. The van der Waals surface area contributed by atoms with Gasteiger partial charge in [0.05, 0.1) is 0 Å². The number of rotatable bonds is 1. The summed E-state index contributed by atoms with van der Waals surface area (Å²) in [5, 5.41) is 1.13. The number of carbonyl (C=O) groups is 1. The summed E-state index contributed by atoms with van der Waals surface area (Å²) in [6.07, 6.45) is 0.917. The van der Waals surface area contributed by atoms with Crippen molar-refractivity contribution in [1.29, 1.82) is 0 Å². The highest BCUT2D eigenvalue weighted by molar-refractivity contribution is 6.10. The fraction of sp³-hybridized carbons (Fsp3) is 0.250. The van der Waals surface area contributed by atoms with Gasteiger partial charge >= 0.3 is 0 Å². The minimum Gasteiger partial charge on any atom is -0.350 e. The number of hydrogen-bond acceptors (Lipinski definition) is 1. The van der Waals surface area contributed by atoms with Gasteiger partial charge in [-0.3, -0.25) is 4.79 Å². The van der Waals surface area contributed by atoms with Crippen molar-refractivity contribution in [3.8, 4) is 0 Å². The molecule has 3 aromatic rings. The molecule has 1 aromatic heterocycles. The molecule has 3 nitrogen and oxygen atoms in total. The number of benzene rings is 2. The van der Waals surface area contributed by atoms with E-state index in [1.54, 1.807) is 0 Å². The number of anilines is 1. The van der Waals surface area contributed by atoms with Crippen LogP contribution in [0.4, 0.5) is 5.69 Å². The fourth-order valence-electron chi connectivity index (χ4n) is 3.65. The molecule has 4 rings (SSSR count). The predicted molar refractivity (Wildman–Crippen MR) is 94.2 cm³/mol. The first-order valence-corrected chi connectivity index (χ1v) is 8.06. The van der Waals surface area contributed by atoms with Gasteiger partial charge in [0.15, 0.2) is 0 Å². The molecule has 3 heteroatoms. The number of fused-ring (bicyclic) bond motifs is 2. The van der Waals surface area contributed by atoms with E-state index in [0.29, 0.717) is 5.69 Å². The van der Waals surface area contributed by atoms with Crippen molar-refractivity contribution in [3.05, 3.63) is 64.8 Å². The summed E-state index contributed by atoms with van der Waals surface area (Å²) >= 11 is 0. The normalized spacial score (nSPS) is 16.8. The number of aromatic nitrogens is 1. The number of nitrogens with zero attached hydrogens (tertiary/aromatic N) is 1. The first-order chi connectivity index (χ1) is 11.1. The number of hydrogen-bond donors (Lipinski definition) is 1. The van der Waals surface area contributed by atoms with Gasteiger partial charge in [-0.15, -0.1) is 0 Å². The second-order valence-electron chi connectivity index (χ2n) is 6.53. The maximum absolute atomic E-state index is 13.2. The molecular weight excluding hydrogens is 284 g/mol. The van der Waals surface area contributed by atoms with Crippen LogP contribution in [0.15, 0.2) is 42.5 Å². The van der Waals surface area contributed by atoms with Gasteiger partial charge in [0.25, 0.3) is 5.91 Å². The SMILES string of the molecule is Cc1ccc2[nH]c(C(=O)N3c4ccccc4CC3C)c(C)c2c1. The van der Waals surface area contributed by atoms with Gasteiger partial charge in [-0.25, -0.2) is 0 Å². The van der Waals surface area contributed by atoms with Crippen molar-refractivity contribution in [3.63, 3.8) is 0 Å². The standard InChI is InChI=1S/C20H20N2O/c1-12-8-9-17-16(10-12)14(3)19(21-17)20(23)22-13(2)11-15-6-4-5-7-18(15)22/h4-10,13,21H,11H2,1-3H3. The average molecular weight is 304 g/mol. The molecule has 0 fully saturated rings. The molecule has 0 radical (unpaired) electrons. The lowest BCUT2D eigenvalue weighted by molar-refractivity contribution is 0.0977. The molecule has 1 aliphatic rings. The van der Waals surface area contributed by atoms with Gasteiger partial charge in [-0.2, -0.15) is 0 Å². The van der Waals surface area contributed by atoms with E-state index in [4.69, 9.17) is 0 Å². The number of carbonyl (C=O) groups excluding carboxylic acids is 1. The van der Waals surface area contributed by atoms with Crippen molar-refractivity contribution in [2.75, 3.05) is 4.90 Å². The van der Waals surface area contributed by atoms with E-state index in [2.05, 4.69) is 43.1 Å². The molecule has 0 spiro atoms. The molecule has 0 saturated carbocycles. The van der Waals surface area contributed by atoms with E-state index < -0.39 is 0 Å². The van der Waals surface area contributed by atoms with Gasteiger partial charge in [0, 0.05) is 22.6 Å². The van der Waals surface area contributed by atoms with Crippen LogP contribution in [0.3, 0.4) is 0 Å². The molecule has 0 saturated heterocycles. The van der Waals surface area contributed by atoms with Crippen LogP contribution < -0.4 is 4.90 Å².